The summed E-state index contributed by atoms with van der Waals surface area (Å²) in [6, 6.07) is -1.56. The lowest BCUT2D eigenvalue weighted by Gasteiger charge is -2.39. The Kier molecular flexibility index (Phi) is 6.29. The van der Waals surface area contributed by atoms with Gasteiger partial charge in [0.1, 0.15) is 17.4 Å². The maximum Gasteiger partial charge on any atom is 0.412 e. The molecule has 8 nitrogen and oxygen atoms in total. The van der Waals surface area contributed by atoms with Crippen molar-refractivity contribution in [2.75, 3.05) is 6.61 Å². The highest BCUT2D eigenvalue weighted by molar-refractivity contribution is 6.69. The molecule has 146 valence electrons. The van der Waals surface area contributed by atoms with Gasteiger partial charge in [-0.1, -0.05) is 0 Å². The first kappa shape index (κ1) is 21.8. The molecule has 1 heterocycles. The van der Waals surface area contributed by atoms with E-state index in [9.17, 15) is 14.9 Å². The summed E-state index contributed by atoms with van der Waals surface area (Å²) in [6.45, 7) is 16.4. The molecule has 0 radical (unpaired) electrons. The molecule has 0 bridgehead atoms. The molecule has 1 aliphatic heterocycles. The van der Waals surface area contributed by atoms with Gasteiger partial charge in [0.15, 0.2) is 8.32 Å². The summed E-state index contributed by atoms with van der Waals surface area (Å²) in [7, 11) is -2.09. The zero-order valence-corrected chi connectivity index (χ0v) is 17.8. The fourth-order valence-electron chi connectivity index (χ4n) is 2.77. The summed E-state index contributed by atoms with van der Waals surface area (Å²) in [4.78, 5) is 25.3. The van der Waals surface area contributed by atoms with Crippen molar-refractivity contribution < 1.29 is 23.6 Å². The number of carbonyl (C=O) groups excluding carboxylic acids is 1. The van der Waals surface area contributed by atoms with E-state index in [0.29, 0.717) is 0 Å². The molecular formula is C16H32N2O6Si. The van der Waals surface area contributed by atoms with Gasteiger partial charge in [-0.05, 0) is 54.3 Å². The standard InChI is InChI=1S/C16H32N2O6Si/c1-11(18(20)21)13(24-25(7,8)9)12-10-22-16(5,6)17(12)14(19)23-15(2,3)4/h11-13H,10H2,1-9H3/t11?,12-,13-/m0/s1. The molecule has 0 aromatic rings. The average molecular weight is 377 g/mol. The van der Waals surface area contributed by atoms with Crippen LogP contribution in [0.3, 0.4) is 0 Å². The molecule has 0 aromatic carbocycles. The normalized spacial score (nSPS) is 23.2. The van der Waals surface area contributed by atoms with Crippen LogP contribution < -0.4 is 0 Å². The number of amides is 1. The van der Waals surface area contributed by atoms with Gasteiger partial charge in [0, 0.05) is 11.8 Å². The molecule has 0 aliphatic carbocycles. The van der Waals surface area contributed by atoms with E-state index >= 15 is 0 Å². The van der Waals surface area contributed by atoms with E-state index in [0.717, 1.165) is 0 Å². The van der Waals surface area contributed by atoms with E-state index < -0.39 is 43.9 Å². The van der Waals surface area contributed by atoms with Crippen molar-refractivity contribution >= 4 is 14.4 Å². The smallest absolute Gasteiger partial charge is 0.412 e. The third-order valence-corrected chi connectivity index (χ3v) is 4.77. The van der Waals surface area contributed by atoms with E-state index in [4.69, 9.17) is 13.9 Å². The minimum absolute atomic E-state index is 0.166. The molecule has 25 heavy (non-hydrogen) atoms. The second kappa shape index (κ2) is 7.20. The molecule has 1 saturated heterocycles. The summed E-state index contributed by atoms with van der Waals surface area (Å²) in [5, 5.41) is 11.4. The molecule has 0 N–H and O–H groups in total. The van der Waals surface area contributed by atoms with E-state index in [2.05, 4.69) is 0 Å². The van der Waals surface area contributed by atoms with Crippen molar-refractivity contribution in [3.8, 4) is 0 Å². The predicted molar refractivity (Wildman–Crippen MR) is 96.6 cm³/mol. The van der Waals surface area contributed by atoms with Crippen LogP contribution in [0.15, 0.2) is 0 Å². The number of carbonyl (C=O) groups is 1. The summed E-state index contributed by atoms with van der Waals surface area (Å²) in [5.74, 6) is 0. The van der Waals surface area contributed by atoms with Gasteiger partial charge < -0.3 is 13.9 Å². The largest absolute Gasteiger partial charge is 0.444 e. The number of nitrogens with zero attached hydrogens (tertiary/aromatic N) is 2. The van der Waals surface area contributed by atoms with Gasteiger partial charge in [-0.15, -0.1) is 0 Å². The van der Waals surface area contributed by atoms with Crippen LogP contribution in [0.2, 0.25) is 19.6 Å². The van der Waals surface area contributed by atoms with Gasteiger partial charge in [-0.3, -0.25) is 15.0 Å². The monoisotopic (exact) mass is 376 g/mol. The summed E-state index contributed by atoms with van der Waals surface area (Å²) >= 11 is 0. The van der Waals surface area contributed by atoms with Crippen LogP contribution in [-0.4, -0.2) is 60.4 Å². The lowest BCUT2D eigenvalue weighted by Crippen LogP contribution is -2.58. The van der Waals surface area contributed by atoms with Crippen molar-refractivity contribution in [1.82, 2.24) is 4.90 Å². The molecule has 9 heteroatoms. The first-order valence-electron chi connectivity index (χ1n) is 8.53. The van der Waals surface area contributed by atoms with Gasteiger partial charge in [0.2, 0.25) is 6.04 Å². The van der Waals surface area contributed by atoms with Crippen molar-refractivity contribution in [3.63, 3.8) is 0 Å². The molecule has 3 atom stereocenters. The topological polar surface area (TPSA) is 91.1 Å². The van der Waals surface area contributed by atoms with Gasteiger partial charge in [-0.25, -0.2) is 4.79 Å². The zero-order valence-electron chi connectivity index (χ0n) is 16.8. The predicted octanol–water partition coefficient (Wildman–Crippen LogP) is 3.24. The highest BCUT2D eigenvalue weighted by Gasteiger charge is 2.52. The van der Waals surface area contributed by atoms with Crippen LogP contribution in [0, 0.1) is 10.1 Å². The van der Waals surface area contributed by atoms with E-state index in [1.54, 1.807) is 34.6 Å². The SMILES string of the molecule is CC([C@H](O[Si](C)(C)C)[C@@H]1COC(C)(C)N1C(=O)OC(C)(C)C)[N+](=O)[O-]. The minimum atomic E-state index is -2.09. The van der Waals surface area contributed by atoms with Crippen LogP contribution in [0.1, 0.15) is 41.5 Å². The molecular weight excluding hydrogens is 344 g/mol. The Bertz CT molecular complexity index is 512. The summed E-state index contributed by atoms with van der Waals surface area (Å²) < 4.78 is 17.4. The van der Waals surface area contributed by atoms with Gasteiger partial charge >= 0.3 is 6.09 Å². The number of nitro groups is 1. The van der Waals surface area contributed by atoms with Gasteiger partial charge in [0.05, 0.1) is 12.6 Å². The van der Waals surface area contributed by atoms with Crippen molar-refractivity contribution in [1.29, 1.82) is 0 Å². The number of rotatable bonds is 5. The lowest BCUT2D eigenvalue weighted by molar-refractivity contribution is -0.530. The van der Waals surface area contributed by atoms with Crippen molar-refractivity contribution in [2.45, 2.75) is 90.7 Å². The van der Waals surface area contributed by atoms with Crippen LogP contribution >= 0.6 is 0 Å². The molecule has 1 aliphatic rings. The Hall–Kier alpha value is -1.19. The molecule has 1 rings (SSSR count). The van der Waals surface area contributed by atoms with Crippen LogP contribution in [0.5, 0.6) is 0 Å². The third-order valence-electron chi connectivity index (χ3n) is 3.79. The molecule has 0 saturated carbocycles. The fourth-order valence-corrected chi connectivity index (χ4v) is 3.94. The Morgan fingerprint density at radius 1 is 1.36 bits per heavy atom. The highest BCUT2D eigenvalue weighted by Crippen LogP contribution is 2.33. The summed E-state index contributed by atoms with van der Waals surface area (Å²) in [5.41, 5.74) is -1.60. The fraction of sp³-hybridized carbons (Fsp3) is 0.938. The van der Waals surface area contributed by atoms with Crippen LogP contribution in [-0.2, 0) is 13.9 Å². The third kappa shape index (κ3) is 5.93. The number of hydrogen-bond donors (Lipinski definition) is 0. The first-order chi connectivity index (χ1) is 11.1. The highest BCUT2D eigenvalue weighted by atomic mass is 28.4. The Balaban J connectivity index is 3.22. The second-order valence-electron chi connectivity index (χ2n) is 8.90. The Morgan fingerprint density at radius 2 is 1.88 bits per heavy atom. The van der Waals surface area contributed by atoms with Gasteiger partial charge in [-0.2, -0.15) is 0 Å². The lowest BCUT2D eigenvalue weighted by atomic mass is 10.0. The first-order valence-corrected chi connectivity index (χ1v) is 11.9. The molecule has 1 fully saturated rings. The molecule has 0 aromatic heterocycles. The Morgan fingerprint density at radius 3 is 2.28 bits per heavy atom. The Labute approximate surface area is 151 Å². The maximum atomic E-state index is 12.8. The maximum absolute atomic E-state index is 12.8. The van der Waals surface area contributed by atoms with E-state index in [1.165, 1.54) is 11.8 Å². The van der Waals surface area contributed by atoms with Crippen LogP contribution in [0.4, 0.5) is 4.79 Å². The molecule has 1 unspecified atom stereocenters. The quantitative estimate of drug-likeness (QED) is 0.415. The van der Waals surface area contributed by atoms with E-state index in [-0.39, 0.29) is 11.5 Å². The average Bonchev–Trinajstić information content (AvgIpc) is 2.67. The van der Waals surface area contributed by atoms with Crippen LogP contribution in [0.25, 0.3) is 0 Å². The van der Waals surface area contributed by atoms with E-state index in [1.807, 2.05) is 19.6 Å². The molecule has 1 amide bonds. The van der Waals surface area contributed by atoms with Crippen molar-refractivity contribution in [2.24, 2.45) is 0 Å². The number of hydrogen-bond acceptors (Lipinski definition) is 6. The van der Waals surface area contributed by atoms with Gasteiger partial charge in [0.25, 0.3) is 0 Å². The zero-order chi connectivity index (χ0) is 19.8. The minimum Gasteiger partial charge on any atom is -0.444 e. The number of ether oxygens (including phenoxy) is 2. The second-order valence-corrected chi connectivity index (χ2v) is 13.4. The van der Waals surface area contributed by atoms with Crippen molar-refractivity contribution in [3.05, 3.63) is 10.1 Å². The summed E-state index contributed by atoms with van der Waals surface area (Å²) in [6.07, 6.45) is -1.32. The molecule has 0 spiro atoms.